The van der Waals surface area contributed by atoms with E-state index in [0.29, 0.717) is 12.2 Å². The minimum absolute atomic E-state index is 0.0289. The summed E-state index contributed by atoms with van der Waals surface area (Å²) in [4.78, 5) is 28.5. The van der Waals surface area contributed by atoms with Gasteiger partial charge in [0.05, 0.1) is 6.04 Å². The second-order valence-electron chi connectivity index (χ2n) is 8.27. The van der Waals surface area contributed by atoms with E-state index in [9.17, 15) is 9.59 Å². The van der Waals surface area contributed by atoms with Crippen molar-refractivity contribution in [3.63, 3.8) is 0 Å². The molecule has 0 spiro atoms. The molecule has 6 nitrogen and oxygen atoms in total. The van der Waals surface area contributed by atoms with Gasteiger partial charge in [-0.15, -0.1) is 0 Å². The van der Waals surface area contributed by atoms with Crippen LogP contribution < -0.4 is 10.1 Å². The van der Waals surface area contributed by atoms with Gasteiger partial charge in [-0.05, 0) is 43.7 Å². The molecule has 0 radical (unpaired) electrons. The Morgan fingerprint density at radius 2 is 1.68 bits per heavy atom. The van der Waals surface area contributed by atoms with Crippen molar-refractivity contribution >= 4 is 11.7 Å². The summed E-state index contributed by atoms with van der Waals surface area (Å²) in [6.45, 7) is 6.45. The number of nitrogens with one attached hydrogen (secondary N) is 1. The van der Waals surface area contributed by atoms with E-state index < -0.39 is 0 Å². The highest BCUT2D eigenvalue weighted by Gasteiger charge is 2.21. The Labute approximate surface area is 185 Å². The lowest BCUT2D eigenvalue weighted by atomic mass is 10.1. The third kappa shape index (κ3) is 7.81. The lowest BCUT2D eigenvalue weighted by Crippen LogP contribution is -2.48. The van der Waals surface area contributed by atoms with Crippen LogP contribution in [0.3, 0.4) is 0 Å². The molecule has 2 aromatic carbocycles. The molecular weight excluding hydrogens is 390 g/mol. The maximum Gasteiger partial charge on any atom is 0.258 e. The van der Waals surface area contributed by atoms with Crippen molar-refractivity contribution in [2.75, 3.05) is 46.4 Å². The van der Waals surface area contributed by atoms with Crippen LogP contribution in [0.15, 0.2) is 54.6 Å². The number of amides is 1. The Hall–Kier alpha value is -2.70. The lowest BCUT2D eigenvalue weighted by Gasteiger charge is -2.35. The number of nitrogens with zero attached hydrogens (tertiary/aromatic N) is 2. The molecule has 31 heavy (non-hydrogen) atoms. The Kier molecular flexibility index (Phi) is 8.62. The number of likely N-dealkylation sites (N-methyl/N-ethyl adjacent to an activating group) is 1. The van der Waals surface area contributed by atoms with Gasteiger partial charge in [0.2, 0.25) is 0 Å². The van der Waals surface area contributed by atoms with E-state index in [4.69, 9.17) is 4.74 Å². The van der Waals surface area contributed by atoms with Crippen LogP contribution in [0, 0.1) is 0 Å². The highest BCUT2D eigenvalue weighted by molar-refractivity contribution is 5.78. The standard InChI is InChI=1S/C25H33N3O3/c1-20(29)8-9-21-10-12-23(13-11-21)31-19-25(30)26-24(22-6-4-3-5-7-22)18-28-16-14-27(2)15-17-28/h3-7,10-13,24H,8-9,14-19H2,1-2H3,(H,26,30). The summed E-state index contributed by atoms with van der Waals surface area (Å²) in [5.41, 5.74) is 2.19. The first-order valence-corrected chi connectivity index (χ1v) is 11.0. The number of Topliss-reactive ketones (excluding diaryl/α,β-unsaturated/α-hetero) is 1. The van der Waals surface area contributed by atoms with Gasteiger partial charge in [-0.2, -0.15) is 0 Å². The first-order chi connectivity index (χ1) is 15.0. The molecule has 0 bridgehead atoms. The van der Waals surface area contributed by atoms with E-state index in [1.165, 1.54) is 0 Å². The Morgan fingerprint density at radius 1 is 1.00 bits per heavy atom. The van der Waals surface area contributed by atoms with Crippen molar-refractivity contribution in [3.05, 3.63) is 65.7 Å². The van der Waals surface area contributed by atoms with Crippen molar-refractivity contribution in [2.45, 2.75) is 25.8 Å². The van der Waals surface area contributed by atoms with E-state index in [0.717, 1.165) is 50.3 Å². The minimum Gasteiger partial charge on any atom is -0.484 e. The first kappa shape index (κ1) is 23.0. The summed E-state index contributed by atoms with van der Waals surface area (Å²) in [5.74, 6) is 0.697. The Morgan fingerprint density at radius 3 is 2.32 bits per heavy atom. The summed E-state index contributed by atoms with van der Waals surface area (Å²) in [6, 6.07) is 17.6. The topological polar surface area (TPSA) is 61.9 Å². The summed E-state index contributed by atoms with van der Waals surface area (Å²) in [5, 5.41) is 3.15. The second kappa shape index (κ2) is 11.6. The summed E-state index contributed by atoms with van der Waals surface area (Å²) in [7, 11) is 2.14. The molecule has 0 saturated carbocycles. The van der Waals surface area contributed by atoms with Crippen LogP contribution in [0.25, 0.3) is 0 Å². The van der Waals surface area contributed by atoms with E-state index in [1.807, 2.05) is 42.5 Å². The van der Waals surface area contributed by atoms with E-state index in [1.54, 1.807) is 6.92 Å². The number of rotatable bonds is 10. The normalized spacial score (nSPS) is 15.9. The Bertz CT molecular complexity index is 831. The van der Waals surface area contributed by atoms with Crippen LogP contribution in [-0.4, -0.2) is 67.9 Å². The van der Waals surface area contributed by atoms with Crippen LogP contribution in [0.2, 0.25) is 0 Å². The zero-order chi connectivity index (χ0) is 22.1. The van der Waals surface area contributed by atoms with Gasteiger partial charge in [0.15, 0.2) is 6.61 Å². The third-order valence-corrected chi connectivity index (χ3v) is 5.63. The van der Waals surface area contributed by atoms with Crippen LogP contribution >= 0.6 is 0 Å². The van der Waals surface area contributed by atoms with Gasteiger partial charge in [-0.1, -0.05) is 42.5 Å². The predicted molar refractivity (Wildman–Crippen MR) is 122 cm³/mol. The monoisotopic (exact) mass is 423 g/mol. The molecule has 1 atom stereocenters. The maximum atomic E-state index is 12.6. The molecule has 3 rings (SSSR count). The molecule has 0 aliphatic carbocycles. The number of aryl methyl sites for hydroxylation is 1. The number of ketones is 1. The largest absolute Gasteiger partial charge is 0.484 e. The lowest BCUT2D eigenvalue weighted by molar-refractivity contribution is -0.124. The van der Waals surface area contributed by atoms with Crippen molar-refractivity contribution in [1.29, 1.82) is 0 Å². The van der Waals surface area contributed by atoms with Crippen LogP contribution in [-0.2, 0) is 16.0 Å². The number of carbonyl (C=O) groups is 2. The van der Waals surface area contributed by atoms with E-state index in [2.05, 4.69) is 34.3 Å². The van der Waals surface area contributed by atoms with Crippen molar-refractivity contribution in [2.24, 2.45) is 0 Å². The molecule has 0 aromatic heterocycles. The smallest absolute Gasteiger partial charge is 0.258 e. The fraction of sp³-hybridized carbons (Fsp3) is 0.440. The average Bonchev–Trinajstić information content (AvgIpc) is 2.78. The van der Waals surface area contributed by atoms with Crippen molar-refractivity contribution in [3.8, 4) is 5.75 Å². The number of ether oxygens (including phenoxy) is 1. The quantitative estimate of drug-likeness (QED) is 0.637. The molecule has 1 N–H and O–H groups in total. The highest BCUT2D eigenvalue weighted by atomic mass is 16.5. The number of carbonyl (C=O) groups excluding carboxylic acids is 2. The zero-order valence-corrected chi connectivity index (χ0v) is 18.5. The van der Waals surface area contributed by atoms with Gasteiger partial charge in [0.25, 0.3) is 5.91 Å². The van der Waals surface area contributed by atoms with Gasteiger partial charge in [0, 0.05) is 39.1 Å². The molecule has 1 aliphatic rings. The number of hydrogen-bond acceptors (Lipinski definition) is 5. The molecule has 1 aliphatic heterocycles. The summed E-state index contributed by atoms with van der Waals surface area (Å²) >= 11 is 0. The molecule has 2 aromatic rings. The highest BCUT2D eigenvalue weighted by Crippen LogP contribution is 2.17. The number of hydrogen-bond donors (Lipinski definition) is 1. The van der Waals surface area contributed by atoms with Gasteiger partial charge in [0.1, 0.15) is 11.5 Å². The summed E-state index contributed by atoms with van der Waals surface area (Å²) in [6.07, 6.45) is 1.26. The fourth-order valence-corrected chi connectivity index (χ4v) is 3.67. The van der Waals surface area contributed by atoms with Crippen LogP contribution in [0.1, 0.15) is 30.5 Å². The third-order valence-electron chi connectivity index (χ3n) is 5.63. The average molecular weight is 424 g/mol. The minimum atomic E-state index is -0.136. The predicted octanol–water partition coefficient (Wildman–Crippen LogP) is 2.69. The number of piperazine rings is 1. The molecule has 166 valence electrons. The first-order valence-electron chi connectivity index (χ1n) is 11.0. The maximum absolute atomic E-state index is 12.6. The van der Waals surface area contributed by atoms with Crippen LogP contribution in [0.4, 0.5) is 0 Å². The van der Waals surface area contributed by atoms with Crippen LogP contribution in [0.5, 0.6) is 5.75 Å². The van der Waals surface area contributed by atoms with Crippen molar-refractivity contribution in [1.82, 2.24) is 15.1 Å². The molecule has 1 heterocycles. The van der Waals surface area contributed by atoms with Gasteiger partial charge >= 0.3 is 0 Å². The molecule has 1 unspecified atom stereocenters. The fourth-order valence-electron chi connectivity index (χ4n) is 3.67. The molecule has 1 fully saturated rings. The second-order valence-corrected chi connectivity index (χ2v) is 8.27. The molecule has 1 amide bonds. The molecule has 6 heteroatoms. The van der Waals surface area contributed by atoms with E-state index >= 15 is 0 Å². The van der Waals surface area contributed by atoms with Gasteiger partial charge in [-0.3, -0.25) is 9.69 Å². The molecule has 1 saturated heterocycles. The van der Waals surface area contributed by atoms with Crippen molar-refractivity contribution < 1.29 is 14.3 Å². The Balaban J connectivity index is 1.53. The SMILES string of the molecule is CC(=O)CCc1ccc(OCC(=O)NC(CN2CCN(C)CC2)c2ccccc2)cc1. The van der Waals surface area contributed by atoms with Gasteiger partial charge in [-0.25, -0.2) is 0 Å². The summed E-state index contributed by atoms with van der Waals surface area (Å²) < 4.78 is 5.69. The van der Waals surface area contributed by atoms with E-state index in [-0.39, 0.29) is 24.3 Å². The molecular formula is C25H33N3O3. The zero-order valence-electron chi connectivity index (χ0n) is 18.5. The number of benzene rings is 2. The van der Waals surface area contributed by atoms with Gasteiger partial charge < -0.3 is 19.7 Å².